The van der Waals surface area contributed by atoms with E-state index < -0.39 is 0 Å². The average molecular weight is 254 g/mol. The Labute approximate surface area is 109 Å². The molecule has 17 heavy (non-hydrogen) atoms. The van der Waals surface area contributed by atoms with Crippen LogP contribution in [0.4, 0.5) is 0 Å². The number of hydrogen-bond donors (Lipinski definition) is 2. The summed E-state index contributed by atoms with van der Waals surface area (Å²) in [6.07, 6.45) is 3.45. The Balaban J connectivity index is 0.00000144. The molecule has 1 saturated heterocycles. The molecule has 2 rings (SSSR count). The summed E-state index contributed by atoms with van der Waals surface area (Å²) in [6.45, 7) is 1.87. The van der Waals surface area contributed by atoms with E-state index in [0.717, 1.165) is 38.3 Å². The highest BCUT2D eigenvalue weighted by Crippen LogP contribution is 2.21. The van der Waals surface area contributed by atoms with Crippen LogP contribution in [0.15, 0.2) is 30.3 Å². The molecule has 0 unspecified atom stereocenters. The van der Waals surface area contributed by atoms with E-state index >= 15 is 0 Å². The zero-order chi connectivity index (χ0) is 11.4. The second kappa shape index (κ2) is 6.50. The van der Waals surface area contributed by atoms with E-state index in [1.807, 2.05) is 4.90 Å². The van der Waals surface area contributed by atoms with Crippen molar-refractivity contribution in [1.82, 2.24) is 4.90 Å². The van der Waals surface area contributed by atoms with Crippen molar-refractivity contribution in [2.75, 3.05) is 13.1 Å². The first-order valence-corrected chi connectivity index (χ1v) is 5.88. The van der Waals surface area contributed by atoms with Crippen LogP contribution in [-0.4, -0.2) is 23.9 Å². The summed E-state index contributed by atoms with van der Waals surface area (Å²) < 4.78 is 0. The molecule has 4 heteroatoms. The molecule has 0 amide bonds. The molecule has 0 atom stereocenters. The van der Waals surface area contributed by atoms with Gasteiger partial charge in [-0.05, 0) is 30.7 Å². The number of nitrogens with two attached hydrogens (primary N) is 1. The van der Waals surface area contributed by atoms with Crippen LogP contribution in [0, 0.1) is 11.3 Å². The van der Waals surface area contributed by atoms with E-state index in [1.165, 1.54) is 5.56 Å². The van der Waals surface area contributed by atoms with Crippen molar-refractivity contribution >= 4 is 18.4 Å². The maximum absolute atomic E-state index is 7.38. The van der Waals surface area contributed by atoms with E-state index in [2.05, 4.69) is 30.3 Å². The van der Waals surface area contributed by atoms with Crippen LogP contribution in [0.5, 0.6) is 0 Å². The molecule has 0 saturated carbocycles. The molecule has 1 aliphatic heterocycles. The lowest BCUT2D eigenvalue weighted by atomic mass is 9.90. The van der Waals surface area contributed by atoms with Gasteiger partial charge in [0.05, 0.1) is 0 Å². The number of hydrogen-bond acceptors (Lipinski definition) is 1. The first-order valence-electron chi connectivity index (χ1n) is 5.88. The predicted octanol–water partition coefficient (Wildman–Crippen LogP) is 2.26. The summed E-state index contributed by atoms with van der Waals surface area (Å²) in [5.41, 5.74) is 6.89. The smallest absolute Gasteiger partial charge is 0.188 e. The van der Waals surface area contributed by atoms with Gasteiger partial charge in [0, 0.05) is 13.1 Å². The largest absolute Gasteiger partial charge is 0.370 e. The number of guanidine groups is 1. The average Bonchev–Trinajstić information content (AvgIpc) is 2.31. The molecule has 1 heterocycles. The van der Waals surface area contributed by atoms with E-state index in [0.29, 0.717) is 0 Å². The van der Waals surface area contributed by atoms with Crippen molar-refractivity contribution in [3.8, 4) is 0 Å². The fraction of sp³-hybridized carbons (Fsp3) is 0.462. The van der Waals surface area contributed by atoms with Crippen molar-refractivity contribution in [3.63, 3.8) is 0 Å². The minimum atomic E-state index is 0. The summed E-state index contributed by atoms with van der Waals surface area (Å²) >= 11 is 0. The monoisotopic (exact) mass is 253 g/mol. The van der Waals surface area contributed by atoms with Crippen LogP contribution in [0.25, 0.3) is 0 Å². The Morgan fingerprint density at radius 1 is 1.24 bits per heavy atom. The fourth-order valence-electron chi connectivity index (χ4n) is 2.33. The molecule has 1 fully saturated rings. The molecule has 0 radical (unpaired) electrons. The summed E-state index contributed by atoms with van der Waals surface area (Å²) in [5.74, 6) is 0.969. The van der Waals surface area contributed by atoms with Crippen molar-refractivity contribution < 1.29 is 0 Å². The Morgan fingerprint density at radius 3 is 2.35 bits per heavy atom. The van der Waals surface area contributed by atoms with Crippen LogP contribution < -0.4 is 5.73 Å². The summed E-state index contributed by atoms with van der Waals surface area (Å²) in [4.78, 5) is 1.96. The number of likely N-dealkylation sites (tertiary alicyclic amines) is 1. The van der Waals surface area contributed by atoms with Gasteiger partial charge < -0.3 is 10.6 Å². The summed E-state index contributed by atoms with van der Waals surface area (Å²) in [5, 5.41) is 7.38. The van der Waals surface area contributed by atoms with Gasteiger partial charge in [-0.25, -0.2) is 0 Å². The van der Waals surface area contributed by atoms with Gasteiger partial charge in [0.15, 0.2) is 5.96 Å². The Kier molecular flexibility index (Phi) is 5.29. The Hall–Kier alpha value is -1.22. The van der Waals surface area contributed by atoms with Gasteiger partial charge in [0.1, 0.15) is 0 Å². The maximum atomic E-state index is 7.38. The molecule has 0 bridgehead atoms. The third-order valence-corrected chi connectivity index (χ3v) is 3.32. The highest BCUT2D eigenvalue weighted by atomic mass is 35.5. The lowest BCUT2D eigenvalue weighted by Crippen LogP contribution is -2.42. The van der Waals surface area contributed by atoms with Crippen molar-refractivity contribution in [1.29, 1.82) is 5.41 Å². The molecule has 0 spiro atoms. The third-order valence-electron chi connectivity index (χ3n) is 3.32. The number of rotatable bonds is 2. The van der Waals surface area contributed by atoms with E-state index in [9.17, 15) is 0 Å². The minimum Gasteiger partial charge on any atom is -0.370 e. The first kappa shape index (κ1) is 13.8. The standard InChI is InChI=1S/C13H19N3.ClH/c14-13(15)16-8-6-12(7-9-16)10-11-4-2-1-3-5-11;/h1-5,12H,6-10H2,(H3,14,15);1H. The summed E-state index contributed by atoms with van der Waals surface area (Å²) in [6, 6.07) is 10.6. The second-order valence-corrected chi connectivity index (χ2v) is 4.51. The molecular formula is C13H20ClN3. The molecule has 1 aromatic rings. The van der Waals surface area contributed by atoms with Crippen LogP contribution in [-0.2, 0) is 6.42 Å². The van der Waals surface area contributed by atoms with E-state index in [1.54, 1.807) is 0 Å². The minimum absolute atomic E-state index is 0. The molecule has 0 aliphatic carbocycles. The van der Waals surface area contributed by atoms with Gasteiger partial charge in [0.2, 0.25) is 0 Å². The molecule has 1 aliphatic rings. The number of halogens is 1. The van der Waals surface area contributed by atoms with Crippen LogP contribution in [0.3, 0.4) is 0 Å². The number of nitrogens with zero attached hydrogens (tertiary/aromatic N) is 1. The van der Waals surface area contributed by atoms with Gasteiger partial charge in [-0.1, -0.05) is 30.3 Å². The zero-order valence-corrected chi connectivity index (χ0v) is 10.7. The van der Waals surface area contributed by atoms with Gasteiger partial charge >= 0.3 is 0 Å². The lowest BCUT2D eigenvalue weighted by molar-refractivity contribution is 0.262. The third kappa shape index (κ3) is 3.93. The van der Waals surface area contributed by atoms with Gasteiger partial charge in [-0.3, -0.25) is 5.41 Å². The molecule has 94 valence electrons. The van der Waals surface area contributed by atoms with Crippen LogP contribution in [0.1, 0.15) is 18.4 Å². The SMILES string of the molecule is Cl.N=C(N)N1CCC(Cc2ccccc2)CC1. The highest BCUT2D eigenvalue weighted by Gasteiger charge is 2.19. The Bertz CT molecular complexity index is 345. The highest BCUT2D eigenvalue weighted by molar-refractivity contribution is 5.85. The van der Waals surface area contributed by atoms with Crippen LogP contribution >= 0.6 is 12.4 Å². The van der Waals surface area contributed by atoms with Gasteiger partial charge in [-0.15, -0.1) is 12.4 Å². The van der Waals surface area contributed by atoms with Gasteiger partial charge in [0.25, 0.3) is 0 Å². The van der Waals surface area contributed by atoms with Crippen molar-refractivity contribution in [2.24, 2.45) is 11.7 Å². The Morgan fingerprint density at radius 2 is 1.82 bits per heavy atom. The number of piperidine rings is 1. The first-order chi connectivity index (χ1) is 7.75. The van der Waals surface area contributed by atoms with Crippen molar-refractivity contribution in [2.45, 2.75) is 19.3 Å². The van der Waals surface area contributed by atoms with Crippen molar-refractivity contribution in [3.05, 3.63) is 35.9 Å². The van der Waals surface area contributed by atoms with E-state index in [4.69, 9.17) is 11.1 Å². The number of benzene rings is 1. The zero-order valence-electron chi connectivity index (χ0n) is 9.93. The van der Waals surface area contributed by atoms with Crippen LogP contribution in [0.2, 0.25) is 0 Å². The molecule has 0 aromatic heterocycles. The predicted molar refractivity (Wildman–Crippen MR) is 73.6 cm³/mol. The lowest BCUT2D eigenvalue weighted by Gasteiger charge is -2.32. The van der Waals surface area contributed by atoms with E-state index in [-0.39, 0.29) is 18.4 Å². The maximum Gasteiger partial charge on any atom is 0.188 e. The second-order valence-electron chi connectivity index (χ2n) is 4.51. The fourth-order valence-corrected chi connectivity index (χ4v) is 2.33. The number of nitrogens with one attached hydrogen (secondary N) is 1. The quantitative estimate of drug-likeness (QED) is 0.628. The molecule has 1 aromatic carbocycles. The van der Waals surface area contributed by atoms with Gasteiger partial charge in [-0.2, -0.15) is 0 Å². The molecular weight excluding hydrogens is 234 g/mol. The molecule has 3 N–H and O–H groups in total. The molecule has 3 nitrogen and oxygen atoms in total. The topological polar surface area (TPSA) is 53.1 Å². The normalized spacial score (nSPS) is 16.4. The summed E-state index contributed by atoms with van der Waals surface area (Å²) in [7, 11) is 0.